The molecular weight excluding hydrogens is 281 g/mol. The summed E-state index contributed by atoms with van der Waals surface area (Å²) in [5, 5.41) is 11.4. The average Bonchev–Trinajstić information content (AvgIpc) is 2.49. The second-order valence-corrected chi connectivity index (χ2v) is 3.84. The number of aromatic amines is 1. The smallest absolute Gasteiger partial charge is 0.0878 e. The van der Waals surface area contributed by atoms with Crippen molar-refractivity contribution in [2.45, 2.75) is 0 Å². The van der Waals surface area contributed by atoms with Crippen LogP contribution in [0.5, 0.6) is 0 Å². The van der Waals surface area contributed by atoms with Crippen molar-refractivity contribution in [3.05, 3.63) is 33.5 Å². The van der Waals surface area contributed by atoms with Gasteiger partial charge in [0.25, 0.3) is 0 Å². The first kappa shape index (κ1) is 8.55. The Labute approximate surface area is 87.9 Å². The molecule has 66 valence electrons. The molecule has 0 saturated heterocycles. The summed E-state index contributed by atoms with van der Waals surface area (Å²) >= 11 is 2.15. The van der Waals surface area contributed by atoms with E-state index in [0.29, 0.717) is 0 Å². The number of carboxylic acids is 1. The number of carbonyl (C=O) groups excluding carboxylic acids is 1. The SMILES string of the molecule is O=C([O-])c1cc2cccc(I)c2[nH]1. The highest BCUT2D eigenvalue weighted by Crippen LogP contribution is 2.20. The molecule has 0 aliphatic rings. The van der Waals surface area contributed by atoms with Gasteiger partial charge in [-0.2, -0.15) is 0 Å². The number of aromatic carboxylic acids is 1. The maximum Gasteiger partial charge on any atom is 0.0878 e. The van der Waals surface area contributed by atoms with E-state index in [9.17, 15) is 9.90 Å². The van der Waals surface area contributed by atoms with Gasteiger partial charge < -0.3 is 14.9 Å². The molecule has 0 aliphatic heterocycles. The first-order chi connectivity index (χ1) is 6.18. The zero-order valence-corrected chi connectivity index (χ0v) is 8.66. The number of benzene rings is 1. The third kappa shape index (κ3) is 1.41. The summed E-state index contributed by atoms with van der Waals surface area (Å²) in [7, 11) is 0. The predicted octanol–water partition coefficient (Wildman–Crippen LogP) is 1.14. The van der Waals surface area contributed by atoms with E-state index < -0.39 is 5.97 Å². The minimum Gasteiger partial charge on any atom is -0.543 e. The lowest BCUT2D eigenvalue weighted by molar-refractivity contribution is -0.255. The van der Waals surface area contributed by atoms with Gasteiger partial charge in [-0.25, -0.2) is 0 Å². The van der Waals surface area contributed by atoms with E-state index in [1.807, 2.05) is 18.2 Å². The van der Waals surface area contributed by atoms with Crippen LogP contribution in [0.15, 0.2) is 24.3 Å². The molecule has 2 aromatic rings. The molecule has 4 heteroatoms. The van der Waals surface area contributed by atoms with Crippen molar-refractivity contribution in [1.29, 1.82) is 0 Å². The highest BCUT2D eigenvalue weighted by atomic mass is 127. The van der Waals surface area contributed by atoms with Crippen molar-refractivity contribution in [1.82, 2.24) is 4.98 Å². The Balaban J connectivity index is 2.75. The van der Waals surface area contributed by atoms with E-state index in [1.54, 1.807) is 6.07 Å². The molecule has 0 bridgehead atoms. The van der Waals surface area contributed by atoms with E-state index >= 15 is 0 Å². The van der Waals surface area contributed by atoms with Gasteiger partial charge in [0.15, 0.2) is 0 Å². The number of aromatic nitrogens is 1. The molecule has 0 spiro atoms. The fourth-order valence-corrected chi connectivity index (χ4v) is 1.88. The maximum atomic E-state index is 10.5. The monoisotopic (exact) mass is 286 g/mol. The summed E-state index contributed by atoms with van der Waals surface area (Å²) in [4.78, 5) is 13.3. The van der Waals surface area contributed by atoms with Crippen molar-refractivity contribution in [3.63, 3.8) is 0 Å². The molecule has 1 aromatic carbocycles. The van der Waals surface area contributed by atoms with E-state index in [2.05, 4.69) is 27.6 Å². The third-order valence-electron chi connectivity index (χ3n) is 1.83. The van der Waals surface area contributed by atoms with Gasteiger partial charge in [-0.15, -0.1) is 0 Å². The largest absolute Gasteiger partial charge is 0.543 e. The summed E-state index contributed by atoms with van der Waals surface area (Å²) in [5.41, 5.74) is 0.974. The van der Waals surface area contributed by atoms with E-state index in [4.69, 9.17) is 0 Å². The fourth-order valence-electron chi connectivity index (χ4n) is 1.23. The normalized spacial score (nSPS) is 10.5. The molecule has 13 heavy (non-hydrogen) atoms. The molecule has 0 aliphatic carbocycles. The van der Waals surface area contributed by atoms with Crippen LogP contribution in [0.4, 0.5) is 0 Å². The van der Waals surface area contributed by atoms with E-state index in [1.165, 1.54) is 0 Å². The third-order valence-corrected chi connectivity index (χ3v) is 2.72. The molecule has 2 rings (SSSR count). The number of rotatable bonds is 1. The number of carbonyl (C=O) groups is 1. The van der Waals surface area contributed by atoms with Crippen molar-refractivity contribution in [2.24, 2.45) is 0 Å². The summed E-state index contributed by atoms with van der Waals surface area (Å²) in [5.74, 6) is -1.17. The van der Waals surface area contributed by atoms with Crippen LogP contribution >= 0.6 is 22.6 Å². The van der Waals surface area contributed by atoms with Gasteiger partial charge in [0.1, 0.15) is 0 Å². The van der Waals surface area contributed by atoms with Gasteiger partial charge in [-0.1, -0.05) is 12.1 Å². The van der Waals surface area contributed by atoms with Gasteiger partial charge in [0.05, 0.1) is 17.2 Å². The van der Waals surface area contributed by atoms with E-state index in [0.717, 1.165) is 14.5 Å². The second-order valence-electron chi connectivity index (χ2n) is 2.67. The van der Waals surface area contributed by atoms with Crippen LogP contribution in [0.25, 0.3) is 10.9 Å². The standard InChI is InChI=1S/C9H6INO2/c10-6-3-1-2-5-4-7(9(12)13)11-8(5)6/h1-4,11H,(H,12,13)/p-1. The van der Waals surface area contributed by atoms with Crippen molar-refractivity contribution in [3.8, 4) is 0 Å². The molecule has 0 fully saturated rings. The first-order valence-electron chi connectivity index (χ1n) is 3.67. The Morgan fingerprint density at radius 1 is 1.46 bits per heavy atom. The number of H-pyrrole nitrogens is 1. The maximum absolute atomic E-state index is 10.5. The van der Waals surface area contributed by atoms with Crippen LogP contribution in [0.2, 0.25) is 0 Å². The molecule has 0 unspecified atom stereocenters. The highest BCUT2D eigenvalue weighted by molar-refractivity contribution is 14.1. The van der Waals surface area contributed by atoms with Crippen LogP contribution in [-0.2, 0) is 0 Å². The van der Waals surface area contributed by atoms with Crippen LogP contribution in [0, 0.1) is 3.57 Å². The van der Waals surface area contributed by atoms with Crippen LogP contribution in [0.3, 0.4) is 0 Å². The highest BCUT2D eigenvalue weighted by Gasteiger charge is 2.02. The summed E-state index contributed by atoms with van der Waals surface area (Å²) in [6.07, 6.45) is 0. The van der Waals surface area contributed by atoms with Crippen molar-refractivity contribution < 1.29 is 9.90 Å². The number of hydrogen-bond acceptors (Lipinski definition) is 2. The predicted molar refractivity (Wildman–Crippen MR) is 55.3 cm³/mol. The quantitative estimate of drug-likeness (QED) is 0.799. The minimum absolute atomic E-state index is 0.124. The minimum atomic E-state index is -1.17. The van der Waals surface area contributed by atoms with Crippen LogP contribution in [0.1, 0.15) is 10.5 Å². The molecule has 3 nitrogen and oxygen atoms in total. The fraction of sp³-hybridized carbons (Fsp3) is 0. The van der Waals surface area contributed by atoms with Gasteiger partial charge in [-0.3, -0.25) is 0 Å². The number of hydrogen-bond donors (Lipinski definition) is 1. The summed E-state index contributed by atoms with van der Waals surface area (Å²) < 4.78 is 1.00. The second kappa shape index (κ2) is 3.02. The number of nitrogens with one attached hydrogen (secondary N) is 1. The van der Waals surface area contributed by atoms with Gasteiger partial charge in [0, 0.05) is 8.96 Å². The van der Waals surface area contributed by atoms with Crippen molar-refractivity contribution in [2.75, 3.05) is 0 Å². The van der Waals surface area contributed by atoms with E-state index in [-0.39, 0.29) is 5.69 Å². The molecule has 0 amide bonds. The summed E-state index contributed by atoms with van der Waals surface area (Å²) in [6.45, 7) is 0. The lowest BCUT2D eigenvalue weighted by Crippen LogP contribution is -2.22. The van der Waals surface area contributed by atoms with Gasteiger partial charge in [-0.05, 0) is 34.7 Å². The topological polar surface area (TPSA) is 55.9 Å². The Kier molecular flexibility index (Phi) is 1.99. The first-order valence-corrected chi connectivity index (χ1v) is 4.75. The lowest BCUT2D eigenvalue weighted by Gasteiger charge is -1.94. The zero-order chi connectivity index (χ0) is 9.42. The Hall–Kier alpha value is -1.04. The Morgan fingerprint density at radius 3 is 2.85 bits per heavy atom. The zero-order valence-electron chi connectivity index (χ0n) is 6.50. The molecule has 1 aromatic heterocycles. The molecule has 0 saturated carbocycles. The number of carboxylic acid groups (broad SMARTS) is 1. The molecule has 1 N–H and O–H groups in total. The summed E-state index contributed by atoms with van der Waals surface area (Å²) in [6, 6.07) is 7.24. The molecule has 0 radical (unpaired) electrons. The molecular formula is C9H5INO2-. The number of halogens is 1. The average molecular weight is 286 g/mol. The van der Waals surface area contributed by atoms with Crippen molar-refractivity contribution >= 4 is 39.5 Å². The Morgan fingerprint density at radius 2 is 2.23 bits per heavy atom. The number of para-hydroxylation sites is 1. The molecule has 1 heterocycles. The number of fused-ring (bicyclic) bond motifs is 1. The lowest BCUT2D eigenvalue weighted by atomic mass is 10.2. The van der Waals surface area contributed by atoms with Crippen LogP contribution in [-0.4, -0.2) is 11.0 Å². The molecule has 0 atom stereocenters. The van der Waals surface area contributed by atoms with Gasteiger partial charge in [0.2, 0.25) is 0 Å². The van der Waals surface area contributed by atoms with Crippen LogP contribution < -0.4 is 5.11 Å². The van der Waals surface area contributed by atoms with Gasteiger partial charge >= 0.3 is 0 Å². The Bertz CT molecular complexity index is 475.